The van der Waals surface area contributed by atoms with Crippen LogP contribution in [0.4, 0.5) is 4.39 Å². The van der Waals surface area contributed by atoms with Gasteiger partial charge in [0, 0.05) is 19.0 Å². The first kappa shape index (κ1) is 15.3. The Hall–Kier alpha value is -2.19. The number of benzene rings is 2. The Morgan fingerprint density at radius 1 is 1.08 bits per heavy atom. The van der Waals surface area contributed by atoms with E-state index in [9.17, 15) is 4.39 Å². The SMILES string of the molecule is Cc1ccc2c(c1)C(C1=CCN(C)CC1)C=C2c1ccc(F)cc1. The molecule has 0 spiro atoms. The Kier molecular flexibility index (Phi) is 3.85. The summed E-state index contributed by atoms with van der Waals surface area (Å²) in [6.45, 7) is 4.28. The number of rotatable bonds is 2. The van der Waals surface area contributed by atoms with Gasteiger partial charge in [-0.25, -0.2) is 4.39 Å². The minimum absolute atomic E-state index is 0.184. The fourth-order valence-electron chi connectivity index (χ4n) is 3.79. The summed E-state index contributed by atoms with van der Waals surface area (Å²) < 4.78 is 13.3. The van der Waals surface area contributed by atoms with E-state index in [0.717, 1.165) is 25.1 Å². The van der Waals surface area contributed by atoms with Gasteiger partial charge in [0.1, 0.15) is 5.82 Å². The second-order valence-corrected chi connectivity index (χ2v) is 6.95. The molecule has 0 aromatic heterocycles. The number of nitrogens with zero attached hydrogens (tertiary/aromatic N) is 1. The lowest BCUT2D eigenvalue weighted by molar-refractivity contribution is 0.356. The Labute approximate surface area is 143 Å². The highest BCUT2D eigenvalue weighted by molar-refractivity contribution is 5.86. The average molecular weight is 319 g/mol. The molecule has 0 fully saturated rings. The summed E-state index contributed by atoms with van der Waals surface area (Å²) in [4.78, 5) is 2.35. The quantitative estimate of drug-likeness (QED) is 0.710. The zero-order chi connectivity index (χ0) is 16.7. The van der Waals surface area contributed by atoms with E-state index < -0.39 is 0 Å². The van der Waals surface area contributed by atoms with Gasteiger partial charge < -0.3 is 4.90 Å². The predicted molar refractivity (Wildman–Crippen MR) is 97.6 cm³/mol. The number of allylic oxidation sites excluding steroid dienone is 1. The molecule has 2 heteroatoms. The van der Waals surface area contributed by atoms with E-state index in [0.29, 0.717) is 5.92 Å². The van der Waals surface area contributed by atoms with E-state index in [1.807, 2.05) is 12.1 Å². The third kappa shape index (κ3) is 2.71. The summed E-state index contributed by atoms with van der Waals surface area (Å²) in [6, 6.07) is 13.6. The average Bonchev–Trinajstić information content (AvgIpc) is 2.95. The molecule has 1 nitrogen and oxygen atoms in total. The van der Waals surface area contributed by atoms with Crippen molar-refractivity contribution in [3.8, 4) is 0 Å². The third-order valence-electron chi connectivity index (χ3n) is 5.17. The summed E-state index contributed by atoms with van der Waals surface area (Å²) in [5.41, 5.74) is 7.81. The van der Waals surface area contributed by atoms with Crippen molar-refractivity contribution in [2.75, 3.05) is 20.1 Å². The molecule has 2 aliphatic rings. The Balaban J connectivity index is 1.80. The monoisotopic (exact) mass is 319 g/mol. The molecular formula is C22H22FN. The predicted octanol–water partition coefficient (Wildman–Crippen LogP) is 4.92. The van der Waals surface area contributed by atoms with Crippen LogP contribution in [0.2, 0.25) is 0 Å². The van der Waals surface area contributed by atoms with Crippen LogP contribution in [0.1, 0.15) is 34.6 Å². The van der Waals surface area contributed by atoms with Crippen molar-refractivity contribution in [2.45, 2.75) is 19.3 Å². The Bertz CT molecular complexity index is 830. The smallest absolute Gasteiger partial charge is 0.123 e. The van der Waals surface area contributed by atoms with Gasteiger partial charge >= 0.3 is 0 Å². The third-order valence-corrected chi connectivity index (χ3v) is 5.17. The van der Waals surface area contributed by atoms with Crippen LogP contribution in [0, 0.1) is 12.7 Å². The van der Waals surface area contributed by atoms with Gasteiger partial charge in [0.15, 0.2) is 0 Å². The summed E-state index contributed by atoms with van der Waals surface area (Å²) in [7, 11) is 2.17. The van der Waals surface area contributed by atoms with E-state index in [-0.39, 0.29) is 5.82 Å². The van der Waals surface area contributed by atoms with Crippen molar-refractivity contribution in [2.24, 2.45) is 0 Å². The van der Waals surface area contributed by atoms with Crippen LogP contribution in [0.3, 0.4) is 0 Å². The van der Waals surface area contributed by atoms with Gasteiger partial charge in [-0.1, -0.05) is 53.6 Å². The second-order valence-electron chi connectivity index (χ2n) is 6.95. The number of hydrogen-bond donors (Lipinski definition) is 0. The van der Waals surface area contributed by atoms with Crippen LogP contribution < -0.4 is 0 Å². The lowest BCUT2D eigenvalue weighted by atomic mass is 9.88. The maximum absolute atomic E-state index is 13.3. The number of aryl methyl sites for hydroxylation is 1. The van der Waals surface area contributed by atoms with Crippen molar-refractivity contribution < 1.29 is 4.39 Å². The standard InChI is InChI=1S/C22H22FN/c1-15-3-8-19-20(16-4-6-18(23)7-5-16)14-21(22(19)13-15)17-9-11-24(2)12-10-17/h3-9,13-14,21H,10-12H2,1-2H3. The molecular weight excluding hydrogens is 297 g/mol. The topological polar surface area (TPSA) is 3.24 Å². The zero-order valence-electron chi connectivity index (χ0n) is 14.2. The fourth-order valence-corrected chi connectivity index (χ4v) is 3.79. The molecule has 0 saturated heterocycles. The van der Waals surface area contributed by atoms with Gasteiger partial charge in [-0.05, 0) is 54.8 Å². The molecule has 2 aromatic carbocycles. The first-order chi connectivity index (χ1) is 11.6. The van der Waals surface area contributed by atoms with E-state index >= 15 is 0 Å². The van der Waals surface area contributed by atoms with Crippen LogP contribution in [0.25, 0.3) is 5.57 Å². The largest absolute Gasteiger partial charge is 0.302 e. The lowest BCUT2D eigenvalue weighted by Gasteiger charge is -2.25. The van der Waals surface area contributed by atoms with Gasteiger partial charge in [-0.3, -0.25) is 0 Å². The van der Waals surface area contributed by atoms with Crippen molar-refractivity contribution >= 4 is 5.57 Å². The fraction of sp³-hybridized carbons (Fsp3) is 0.273. The highest BCUT2D eigenvalue weighted by Crippen LogP contribution is 2.44. The molecule has 0 saturated carbocycles. The number of likely N-dealkylation sites (N-methyl/N-ethyl adjacent to an activating group) is 1. The highest BCUT2D eigenvalue weighted by Gasteiger charge is 2.27. The summed E-state index contributed by atoms with van der Waals surface area (Å²) in [6.07, 6.45) is 5.86. The summed E-state index contributed by atoms with van der Waals surface area (Å²) >= 11 is 0. The maximum atomic E-state index is 13.3. The van der Waals surface area contributed by atoms with Crippen LogP contribution in [0.15, 0.2) is 60.2 Å². The van der Waals surface area contributed by atoms with Gasteiger partial charge in [0.05, 0.1) is 0 Å². The van der Waals surface area contributed by atoms with Gasteiger partial charge in [-0.2, -0.15) is 0 Å². The van der Waals surface area contributed by atoms with Crippen molar-refractivity contribution in [3.05, 3.63) is 88.3 Å². The number of fused-ring (bicyclic) bond motifs is 1. The summed E-state index contributed by atoms with van der Waals surface area (Å²) in [5, 5.41) is 0. The van der Waals surface area contributed by atoms with Gasteiger partial charge in [-0.15, -0.1) is 0 Å². The van der Waals surface area contributed by atoms with E-state index in [4.69, 9.17) is 0 Å². The Morgan fingerprint density at radius 2 is 1.88 bits per heavy atom. The van der Waals surface area contributed by atoms with E-state index in [1.54, 1.807) is 12.1 Å². The van der Waals surface area contributed by atoms with Gasteiger partial charge in [0.2, 0.25) is 0 Å². The number of halogens is 1. The summed E-state index contributed by atoms with van der Waals surface area (Å²) in [5.74, 6) is 0.171. The molecule has 0 bridgehead atoms. The normalized spacial score (nSPS) is 20.5. The van der Waals surface area contributed by atoms with Crippen molar-refractivity contribution in [1.82, 2.24) is 4.90 Å². The Morgan fingerprint density at radius 3 is 2.58 bits per heavy atom. The molecule has 1 unspecified atom stereocenters. The molecule has 24 heavy (non-hydrogen) atoms. The molecule has 2 aromatic rings. The molecule has 4 rings (SSSR count). The molecule has 1 heterocycles. The molecule has 0 N–H and O–H groups in total. The minimum atomic E-state index is -0.184. The van der Waals surface area contributed by atoms with E-state index in [2.05, 4.69) is 49.2 Å². The minimum Gasteiger partial charge on any atom is -0.302 e. The molecule has 0 amide bonds. The van der Waals surface area contributed by atoms with Crippen LogP contribution in [-0.2, 0) is 0 Å². The van der Waals surface area contributed by atoms with Gasteiger partial charge in [0.25, 0.3) is 0 Å². The van der Waals surface area contributed by atoms with Crippen LogP contribution >= 0.6 is 0 Å². The first-order valence-corrected chi connectivity index (χ1v) is 8.58. The molecule has 1 aliphatic heterocycles. The van der Waals surface area contributed by atoms with Crippen molar-refractivity contribution in [1.29, 1.82) is 0 Å². The molecule has 0 radical (unpaired) electrons. The van der Waals surface area contributed by atoms with Crippen LogP contribution in [-0.4, -0.2) is 25.0 Å². The second kappa shape index (κ2) is 6.03. The maximum Gasteiger partial charge on any atom is 0.123 e. The first-order valence-electron chi connectivity index (χ1n) is 8.58. The molecule has 1 aliphatic carbocycles. The number of hydrogen-bond acceptors (Lipinski definition) is 1. The molecule has 1 atom stereocenters. The zero-order valence-corrected chi connectivity index (χ0v) is 14.2. The molecule has 122 valence electrons. The van der Waals surface area contributed by atoms with Crippen LogP contribution in [0.5, 0.6) is 0 Å². The highest BCUT2D eigenvalue weighted by atomic mass is 19.1. The van der Waals surface area contributed by atoms with E-state index in [1.165, 1.54) is 27.8 Å². The lowest BCUT2D eigenvalue weighted by Crippen LogP contribution is -2.25. The van der Waals surface area contributed by atoms with Crippen molar-refractivity contribution in [3.63, 3.8) is 0 Å².